The Bertz CT molecular complexity index is 432. The molecule has 0 radical (unpaired) electrons. The van der Waals surface area contributed by atoms with Gasteiger partial charge >= 0.3 is 0 Å². The van der Waals surface area contributed by atoms with Crippen LogP contribution in [0.1, 0.15) is 30.9 Å². The molecule has 0 saturated heterocycles. The first-order chi connectivity index (χ1) is 9.58. The van der Waals surface area contributed by atoms with E-state index in [1.807, 2.05) is 32.0 Å². The van der Waals surface area contributed by atoms with Gasteiger partial charge in [0.1, 0.15) is 5.75 Å². The van der Waals surface area contributed by atoms with Crippen molar-refractivity contribution in [1.82, 2.24) is 4.90 Å². The van der Waals surface area contributed by atoms with Crippen molar-refractivity contribution in [2.24, 2.45) is 0 Å². The third kappa shape index (κ3) is 5.21. The maximum Gasteiger partial charge on any atom is 0.225 e. The first-order valence-corrected chi connectivity index (χ1v) is 7.17. The van der Waals surface area contributed by atoms with Gasteiger partial charge in [0, 0.05) is 19.7 Å². The van der Waals surface area contributed by atoms with Gasteiger partial charge in [-0.05, 0) is 50.5 Å². The van der Waals surface area contributed by atoms with Crippen molar-refractivity contribution in [3.63, 3.8) is 0 Å². The molecule has 20 heavy (non-hydrogen) atoms. The maximum atomic E-state index is 12.0. The van der Waals surface area contributed by atoms with Crippen LogP contribution in [0, 0.1) is 13.8 Å². The number of benzene rings is 1. The molecule has 1 aromatic carbocycles. The smallest absolute Gasteiger partial charge is 0.225 e. The lowest BCUT2D eigenvalue weighted by Gasteiger charge is -2.20. The Balaban J connectivity index is 2.38. The summed E-state index contributed by atoms with van der Waals surface area (Å²) in [6, 6.07) is 5.94. The first-order valence-electron chi connectivity index (χ1n) is 7.17. The van der Waals surface area contributed by atoms with E-state index in [-0.39, 0.29) is 12.5 Å². The molecule has 1 aromatic rings. The third-order valence-corrected chi connectivity index (χ3v) is 3.38. The number of carbonyl (C=O) groups is 1. The minimum absolute atomic E-state index is 0.0739. The molecule has 0 spiro atoms. The van der Waals surface area contributed by atoms with Crippen molar-refractivity contribution in [2.45, 2.75) is 33.6 Å². The number of carbonyl (C=O) groups excluding carboxylic acids is 1. The van der Waals surface area contributed by atoms with Crippen molar-refractivity contribution < 1.29 is 14.6 Å². The molecular weight excluding hydrogens is 254 g/mol. The number of rotatable bonds is 8. The minimum Gasteiger partial charge on any atom is -0.493 e. The predicted molar refractivity (Wildman–Crippen MR) is 80.0 cm³/mol. The van der Waals surface area contributed by atoms with E-state index in [9.17, 15) is 4.79 Å². The highest BCUT2D eigenvalue weighted by Gasteiger charge is 2.11. The highest BCUT2D eigenvalue weighted by Crippen LogP contribution is 2.16. The molecule has 1 rings (SSSR count). The van der Waals surface area contributed by atoms with E-state index in [1.165, 1.54) is 11.1 Å². The SMILES string of the molecule is CCN(CCCO)C(=O)CCOc1ccc(C)c(C)c1. The number of amides is 1. The third-order valence-electron chi connectivity index (χ3n) is 3.38. The van der Waals surface area contributed by atoms with Gasteiger partial charge in [-0.15, -0.1) is 0 Å². The minimum atomic E-state index is 0.0739. The Morgan fingerprint density at radius 3 is 2.65 bits per heavy atom. The number of hydrogen-bond acceptors (Lipinski definition) is 3. The highest BCUT2D eigenvalue weighted by molar-refractivity contribution is 5.76. The molecule has 0 bridgehead atoms. The van der Waals surface area contributed by atoms with E-state index in [2.05, 4.69) is 6.92 Å². The Kier molecular flexibility index (Phi) is 7.09. The molecule has 4 nitrogen and oxygen atoms in total. The van der Waals surface area contributed by atoms with Gasteiger partial charge in [-0.2, -0.15) is 0 Å². The van der Waals surface area contributed by atoms with Gasteiger partial charge in [0.25, 0.3) is 0 Å². The van der Waals surface area contributed by atoms with E-state index in [0.717, 1.165) is 5.75 Å². The highest BCUT2D eigenvalue weighted by atomic mass is 16.5. The van der Waals surface area contributed by atoms with Crippen LogP contribution in [0.3, 0.4) is 0 Å². The quantitative estimate of drug-likeness (QED) is 0.794. The predicted octanol–water partition coefficient (Wildman–Crippen LogP) is 2.30. The number of aryl methyl sites for hydroxylation is 2. The van der Waals surface area contributed by atoms with Crippen molar-refractivity contribution in [3.05, 3.63) is 29.3 Å². The van der Waals surface area contributed by atoms with Crippen molar-refractivity contribution in [1.29, 1.82) is 0 Å². The summed E-state index contributed by atoms with van der Waals surface area (Å²) in [5, 5.41) is 8.80. The van der Waals surface area contributed by atoms with Crippen molar-refractivity contribution in [2.75, 3.05) is 26.3 Å². The van der Waals surface area contributed by atoms with Crippen LogP contribution in [0.4, 0.5) is 0 Å². The zero-order valence-corrected chi connectivity index (χ0v) is 12.7. The zero-order valence-electron chi connectivity index (χ0n) is 12.7. The molecule has 0 aliphatic rings. The second-order valence-corrected chi connectivity index (χ2v) is 4.90. The summed E-state index contributed by atoms with van der Waals surface area (Å²) >= 11 is 0. The maximum absolute atomic E-state index is 12.0. The van der Waals surface area contributed by atoms with Gasteiger partial charge in [0.2, 0.25) is 5.91 Å². The average Bonchev–Trinajstić information content (AvgIpc) is 2.43. The Labute approximate surface area is 121 Å². The number of hydrogen-bond donors (Lipinski definition) is 1. The van der Waals surface area contributed by atoms with E-state index >= 15 is 0 Å². The summed E-state index contributed by atoms with van der Waals surface area (Å²) in [5.74, 6) is 0.879. The first kappa shape index (κ1) is 16.5. The number of nitrogens with zero attached hydrogens (tertiary/aromatic N) is 1. The van der Waals surface area contributed by atoms with Crippen LogP contribution in [0.5, 0.6) is 5.75 Å². The van der Waals surface area contributed by atoms with Crippen LogP contribution in [-0.4, -0.2) is 42.2 Å². The summed E-state index contributed by atoms with van der Waals surface area (Å²) in [6.45, 7) is 7.82. The van der Waals surface area contributed by atoms with Crippen molar-refractivity contribution in [3.8, 4) is 5.75 Å². The van der Waals surface area contributed by atoms with E-state index in [4.69, 9.17) is 9.84 Å². The fourth-order valence-electron chi connectivity index (χ4n) is 1.94. The van der Waals surface area contributed by atoms with Crippen LogP contribution in [0.2, 0.25) is 0 Å². The van der Waals surface area contributed by atoms with Gasteiger partial charge in [0.15, 0.2) is 0 Å². The molecular formula is C16H25NO3. The molecule has 112 valence electrons. The summed E-state index contributed by atoms with van der Waals surface area (Å²) in [4.78, 5) is 13.7. The van der Waals surface area contributed by atoms with E-state index < -0.39 is 0 Å². The summed E-state index contributed by atoms with van der Waals surface area (Å²) < 4.78 is 5.61. The molecule has 4 heteroatoms. The lowest BCUT2D eigenvalue weighted by atomic mass is 10.1. The molecule has 0 heterocycles. The Morgan fingerprint density at radius 1 is 1.30 bits per heavy atom. The number of aliphatic hydroxyl groups is 1. The summed E-state index contributed by atoms with van der Waals surface area (Å²) in [5.41, 5.74) is 2.42. The van der Waals surface area contributed by atoms with E-state index in [0.29, 0.717) is 32.5 Å². The number of ether oxygens (including phenoxy) is 1. The molecule has 0 saturated carbocycles. The molecule has 0 unspecified atom stereocenters. The molecule has 0 aromatic heterocycles. The van der Waals surface area contributed by atoms with Crippen molar-refractivity contribution >= 4 is 5.91 Å². The van der Waals surface area contributed by atoms with Crippen LogP contribution in [0.15, 0.2) is 18.2 Å². The average molecular weight is 279 g/mol. The van der Waals surface area contributed by atoms with Gasteiger partial charge in [-0.3, -0.25) is 4.79 Å². The fourth-order valence-corrected chi connectivity index (χ4v) is 1.94. The lowest BCUT2D eigenvalue weighted by Crippen LogP contribution is -2.33. The lowest BCUT2D eigenvalue weighted by molar-refractivity contribution is -0.131. The molecule has 0 aliphatic carbocycles. The molecule has 1 amide bonds. The van der Waals surface area contributed by atoms with Crippen LogP contribution in [-0.2, 0) is 4.79 Å². The zero-order chi connectivity index (χ0) is 15.0. The van der Waals surface area contributed by atoms with Gasteiger partial charge in [0.05, 0.1) is 13.0 Å². The molecule has 0 atom stereocenters. The fraction of sp³-hybridized carbons (Fsp3) is 0.562. The normalized spacial score (nSPS) is 10.4. The Hall–Kier alpha value is -1.55. The second kappa shape index (κ2) is 8.59. The van der Waals surface area contributed by atoms with E-state index in [1.54, 1.807) is 4.90 Å². The standard InChI is InChI=1S/C16H25NO3/c1-4-17(9-5-10-18)16(19)8-11-20-15-7-6-13(2)14(3)12-15/h6-7,12,18H,4-5,8-11H2,1-3H3. The summed E-state index contributed by atoms with van der Waals surface area (Å²) in [7, 11) is 0. The largest absolute Gasteiger partial charge is 0.493 e. The van der Waals surface area contributed by atoms with Gasteiger partial charge in [-0.25, -0.2) is 0 Å². The van der Waals surface area contributed by atoms with Crippen LogP contribution < -0.4 is 4.74 Å². The molecule has 0 fully saturated rings. The molecule has 1 N–H and O–H groups in total. The number of aliphatic hydroxyl groups excluding tert-OH is 1. The van der Waals surface area contributed by atoms with Gasteiger partial charge in [-0.1, -0.05) is 6.07 Å². The van der Waals surface area contributed by atoms with Gasteiger partial charge < -0.3 is 14.7 Å². The molecule has 0 aliphatic heterocycles. The Morgan fingerprint density at radius 2 is 2.05 bits per heavy atom. The second-order valence-electron chi connectivity index (χ2n) is 4.90. The topological polar surface area (TPSA) is 49.8 Å². The summed E-state index contributed by atoms with van der Waals surface area (Å²) in [6.07, 6.45) is 0.990. The monoisotopic (exact) mass is 279 g/mol. The van der Waals surface area contributed by atoms with Crippen LogP contribution >= 0.6 is 0 Å². The van der Waals surface area contributed by atoms with Crippen LogP contribution in [0.25, 0.3) is 0 Å².